The van der Waals surface area contributed by atoms with E-state index in [2.05, 4.69) is 0 Å². The summed E-state index contributed by atoms with van der Waals surface area (Å²) in [6.07, 6.45) is -6.05. The molecule has 1 aromatic carbocycles. The molecule has 12 heteroatoms. The maximum absolute atomic E-state index is 13.4. The van der Waals surface area contributed by atoms with Gasteiger partial charge in [-0.1, -0.05) is 19.9 Å². The quantitative estimate of drug-likeness (QED) is 0.248. The molecule has 1 N–H and O–H groups in total. The van der Waals surface area contributed by atoms with Gasteiger partial charge >= 0.3 is 18.1 Å². The molecule has 0 saturated carbocycles. The highest BCUT2D eigenvalue weighted by Crippen LogP contribution is 2.45. The Morgan fingerprint density at radius 2 is 1.63 bits per heavy atom. The van der Waals surface area contributed by atoms with E-state index in [1.54, 1.807) is 0 Å². The number of benzene rings is 1. The van der Waals surface area contributed by atoms with Crippen LogP contribution in [0.3, 0.4) is 0 Å². The summed E-state index contributed by atoms with van der Waals surface area (Å²) in [5.74, 6) is -13.4. The highest BCUT2D eigenvalue weighted by Gasteiger charge is 2.59. The molecule has 0 aliphatic rings. The summed E-state index contributed by atoms with van der Waals surface area (Å²) in [4.78, 5) is 45.0. The molecule has 1 aromatic rings. The molecule has 1 rings (SSSR count). The van der Waals surface area contributed by atoms with Crippen LogP contribution in [0.25, 0.3) is 0 Å². The minimum Gasteiger partial charge on any atom is -0.480 e. The van der Waals surface area contributed by atoms with Gasteiger partial charge in [-0.05, 0) is 6.07 Å². The number of ketones is 2. The number of rotatable bonds is 7. The van der Waals surface area contributed by atoms with Gasteiger partial charge < -0.3 is 5.11 Å². The van der Waals surface area contributed by atoms with Crippen molar-refractivity contribution in [2.24, 2.45) is 11.8 Å². The number of Topliss-reactive ketones (excluding diaryl/α,β-unsaturated/α-hetero) is 2. The average Bonchev–Trinajstić information content (AvgIpc) is 2.52. The van der Waals surface area contributed by atoms with Crippen molar-refractivity contribution >= 4 is 23.2 Å². The third-order valence-electron chi connectivity index (χ3n) is 3.54. The van der Waals surface area contributed by atoms with Crippen LogP contribution >= 0.6 is 0 Å². The summed E-state index contributed by atoms with van der Waals surface area (Å²) in [5.41, 5.74) is -4.34. The fourth-order valence-electron chi connectivity index (χ4n) is 2.10. The van der Waals surface area contributed by atoms with E-state index in [0.29, 0.717) is 0 Å². The largest absolute Gasteiger partial charge is 0.480 e. The molecule has 0 aliphatic carbocycles. The Labute approximate surface area is 147 Å². The number of carbonyl (C=O) groups is 3. The number of nitrogens with zero attached hydrogens (tertiary/aromatic N) is 1. The molecule has 0 spiro atoms. The summed E-state index contributed by atoms with van der Waals surface area (Å²) in [5, 5.41) is 20.1. The number of hydrogen-bond donors (Lipinski definition) is 1. The van der Waals surface area contributed by atoms with Gasteiger partial charge in [0, 0.05) is 17.5 Å². The second kappa shape index (κ2) is 7.37. The Kier molecular flexibility index (Phi) is 6.04. The van der Waals surface area contributed by atoms with E-state index >= 15 is 0 Å². The second-order valence-corrected chi connectivity index (χ2v) is 5.75. The normalized spacial score (nSPS) is 13.3. The molecule has 148 valence electrons. The lowest BCUT2D eigenvalue weighted by Crippen LogP contribution is -2.35. The summed E-state index contributed by atoms with van der Waals surface area (Å²) in [6, 6.07) is 0.227. The number of hydrogen-bond acceptors (Lipinski definition) is 5. The fourth-order valence-corrected chi connectivity index (χ4v) is 2.10. The Morgan fingerprint density at radius 3 is 2.00 bits per heavy atom. The first kappa shape index (κ1) is 22.1. The number of aliphatic carboxylic acids is 1. The Bertz CT molecular complexity index is 802. The van der Waals surface area contributed by atoms with Gasteiger partial charge in [-0.15, -0.1) is 0 Å². The van der Waals surface area contributed by atoms with Crippen LogP contribution in [0, 0.1) is 22.0 Å². The lowest BCUT2D eigenvalue weighted by molar-refractivity contribution is -0.385. The molecule has 0 fully saturated rings. The van der Waals surface area contributed by atoms with Crippen LogP contribution in [0.1, 0.15) is 29.8 Å². The van der Waals surface area contributed by atoms with Crippen LogP contribution < -0.4 is 0 Å². The minimum atomic E-state index is -6.05. The summed E-state index contributed by atoms with van der Waals surface area (Å²) in [6.45, 7) is 2.51. The number of carbonyl (C=O) groups excluding carboxylic acids is 2. The number of halogens is 5. The van der Waals surface area contributed by atoms with Gasteiger partial charge in [-0.2, -0.15) is 22.0 Å². The predicted molar refractivity (Wildman–Crippen MR) is 78.3 cm³/mol. The lowest BCUT2D eigenvalue weighted by Gasteiger charge is -2.20. The van der Waals surface area contributed by atoms with Crippen molar-refractivity contribution in [3.63, 3.8) is 0 Å². The SMILES string of the molecule is CC(C)C(=O)C(C(=O)O)C(=O)c1ccc(C(F)(F)C(F)(F)F)cc1[N+](=O)[O-]. The van der Waals surface area contributed by atoms with E-state index in [4.69, 9.17) is 5.11 Å². The van der Waals surface area contributed by atoms with Crippen LogP contribution in [-0.4, -0.2) is 33.7 Å². The first-order valence-corrected chi connectivity index (χ1v) is 7.17. The molecule has 0 bridgehead atoms. The predicted octanol–water partition coefficient (Wildman–Crippen LogP) is 3.36. The molecule has 7 nitrogen and oxygen atoms in total. The molecule has 0 heterocycles. The van der Waals surface area contributed by atoms with E-state index in [1.165, 1.54) is 13.8 Å². The van der Waals surface area contributed by atoms with Crippen LogP contribution in [0.5, 0.6) is 0 Å². The van der Waals surface area contributed by atoms with Crippen LogP contribution in [0.15, 0.2) is 18.2 Å². The van der Waals surface area contributed by atoms with Crippen LogP contribution in [0.4, 0.5) is 27.6 Å². The molecule has 0 aromatic heterocycles. The van der Waals surface area contributed by atoms with Gasteiger partial charge in [-0.25, -0.2) is 0 Å². The number of carboxylic acid groups (broad SMARTS) is 1. The zero-order chi connectivity index (χ0) is 21.3. The van der Waals surface area contributed by atoms with E-state index in [-0.39, 0.29) is 18.2 Å². The topological polar surface area (TPSA) is 115 Å². The minimum absolute atomic E-state index is 0.118. The maximum Gasteiger partial charge on any atom is 0.458 e. The first-order valence-electron chi connectivity index (χ1n) is 7.17. The Hall–Kier alpha value is -2.92. The highest BCUT2D eigenvalue weighted by atomic mass is 19.4. The second-order valence-electron chi connectivity index (χ2n) is 5.75. The van der Waals surface area contributed by atoms with Crippen molar-refractivity contribution in [2.45, 2.75) is 25.9 Å². The maximum atomic E-state index is 13.4. The third kappa shape index (κ3) is 4.26. The number of alkyl halides is 5. The smallest absolute Gasteiger partial charge is 0.458 e. The number of carboxylic acids is 1. The van der Waals surface area contributed by atoms with E-state index < -0.39 is 63.2 Å². The van der Waals surface area contributed by atoms with Crippen molar-refractivity contribution in [2.75, 3.05) is 0 Å². The molecule has 0 aliphatic heterocycles. The monoisotopic (exact) mass is 397 g/mol. The van der Waals surface area contributed by atoms with Crippen LogP contribution in [0.2, 0.25) is 0 Å². The third-order valence-corrected chi connectivity index (χ3v) is 3.54. The number of nitro benzene ring substituents is 1. The fraction of sp³-hybridized carbons (Fsp3) is 0.400. The molecular weight excluding hydrogens is 385 g/mol. The standard InChI is InChI=1S/C15H12F5NO6/c1-6(2)11(22)10(13(24)25)12(23)8-4-3-7(5-9(8)21(26)27)14(16,17)15(18,19)20/h3-6,10H,1-2H3,(H,24,25). The van der Waals surface area contributed by atoms with Gasteiger partial charge in [0.05, 0.1) is 10.5 Å². The zero-order valence-electron chi connectivity index (χ0n) is 13.7. The molecule has 1 unspecified atom stereocenters. The van der Waals surface area contributed by atoms with Gasteiger partial charge in [0.2, 0.25) is 0 Å². The summed E-state index contributed by atoms with van der Waals surface area (Å²) in [7, 11) is 0. The van der Waals surface area contributed by atoms with Gasteiger partial charge in [-0.3, -0.25) is 24.5 Å². The molecule has 0 radical (unpaired) electrons. The van der Waals surface area contributed by atoms with Gasteiger partial charge in [0.25, 0.3) is 5.69 Å². The molecule has 0 saturated heterocycles. The Morgan fingerprint density at radius 1 is 1.11 bits per heavy atom. The van der Waals surface area contributed by atoms with E-state index in [0.717, 1.165) is 0 Å². The first-order chi connectivity index (χ1) is 12.1. The van der Waals surface area contributed by atoms with E-state index in [9.17, 15) is 46.5 Å². The van der Waals surface area contributed by atoms with Crippen molar-refractivity contribution in [3.05, 3.63) is 39.4 Å². The molecular formula is C15H12F5NO6. The van der Waals surface area contributed by atoms with Crippen molar-refractivity contribution in [3.8, 4) is 0 Å². The molecule has 27 heavy (non-hydrogen) atoms. The number of nitro groups is 1. The van der Waals surface area contributed by atoms with Crippen molar-refractivity contribution in [1.29, 1.82) is 0 Å². The van der Waals surface area contributed by atoms with Crippen molar-refractivity contribution in [1.82, 2.24) is 0 Å². The van der Waals surface area contributed by atoms with E-state index in [1.807, 2.05) is 0 Å². The highest BCUT2D eigenvalue weighted by molar-refractivity contribution is 6.23. The van der Waals surface area contributed by atoms with Gasteiger partial charge in [0.1, 0.15) is 0 Å². The molecule has 0 amide bonds. The van der Waals surface area contributed by atoms with Crippen molar-refractivity contribution < 1.29 is 46.4 Å². The molecule has 1 atom stereocenters. The lowest BCUT2D eigenvalue weighted by atomic mass is 9.87. The average molecular weight is 397 g/mol. The van der Waals surface area contributed by atoms with Crippen LogP contribution in [-0.2, 0) is 15.5 Å². The zero-order valence-corrected chi connectivity index (χ0v) is 13.7. The van der Waals surface area contributed by atoms with Gasteiger partial charge in [0.15, 0.2) is 17.5 Å². The summed E-state index contributed by atoms with van der Waals surface area (Å²) < 4.78 is 64.1. The summed E-state index contributed by atoms with van der Waals surface area (Å²) >= 11 is 0. The Balaban J connectivity index is 3.57.